The predicted octanol–water partition coefficient (Wildman–Crippen LogP) is 1.35. The Morgan fingerprint density at radius 1 is 1.46 bits per heavy atom. The lowest BCUT2D eigenvalue weighted by molar-refractivity contribution is -0.123. The van der Waals surface area contributed by atoms with E-state index in [0.29, 0.717) is 6.54 Å². The molecule has 0 saturated heterocycles. The van der Waals surface area contributed by atoms with E-state index in [0.717, 1.165) is 29.4 Å². The molecule has 0 bridgehead atoms. The van der Waals surface area contributed by atoms with E-state index >= 15 is 0 Å². The molecule has 2 N–H and O–H groups in total. The van der Waals surface area contributed by atoms with Gasteiger partial charge in [0, 0.05) is 30.8 Å². The molecule has 3 rings (SSSR count). The third kappa shape index (κ3) is 3.81. The lowest BCUT2D eigenvalue weighted by Gasteiger charge is -2.26. The molecule has 0 radical (unpaired) electrons. The lowest BCUT2D eigenvalue weighted by atomic mass is 10.1. The molecule has 2 unspecified atom stereocenters. The topological polar surface area (TPSA) is 88.9 Å². The molecule has 1 aliphatic rings. The second kappa shape index (κ2) is 7.12. The molecule has 2 aromatic heterocycles. The van der Waals surface area contributed by atoms with Crippen molar-refractivity contribution >= 4 is 23.2 Å². The quantitative estimate of drug-likeness (QED) is 0.854. The molecule has 2 amide bonds. The molecule has 2 aromatic rings. The molecule has 0 saturated carbocycles. The number of aromatic nitrogens is 3. The van der Waals surface area contributed by atoms with Gasteiger partial charge in [-0.25, -0.2) is 0 Å². The molecule has 0 fully saturated rings. The SMILES string of the molecule is CC(=O)NC(CC(=O)NC1CCc2nnc(C)n2C1)c1cccs1. The van der Waals surface area contributed by atoms with Crippen LogP contribution in [0.25, 0.3) is 0 Å². The zero-order chi connectivity index (χ0) is 17.1. The third-order valence-electron chi connectivity index (χ3n) is 4.15. The summed E-state index contributed by atoms with van der Waals surface area (Å²) in [5.41, 5.74) is 0. The number of nitrogens with one attached hydrogen (secondary N) is 2. The molecule has 128 valence electrons. The van der Waals surface area contributed by atoms with E-state index in [2.05, 4.69) is 25.4 Å². The first-order valence-corrected chi connectivity index (χ1v) is 8.89. The van der Waals surface area contributed by atoms with Gasteiger partial charge in [0.25, 0.3) is 0 Å². The minimum absolute atomic E-state index is 0.0543. The van der Waals surface area contributed by atoms with Crippen LogP contribution in [-0.2, 0) is 22.6 Å². The number of fused-ring (bicyclic) bond motifs is 1. The van der Waals surface area contributed by atoms with Crippen molar-refractivity contribution in [1.29, 1.82) is 0 Å². The van der Waals surface area contributed by atoms with Gasteiger partial charge in [0.2, 0.25) is 11.8 Å². The number of hydrogen-bond donors (Lipinski definition) is 2. The first-order chi connectivity index (χ1) is 11.5. The summed E-state index contributed by atoms with van der Waals surface area (Å²) >= 11 is 1.54. The maximum Gasteiger partial charge on any atom is 0.222 e. The Kier molecular flexibility index (Phi) is 4.94. The summed E-state index contributed by atoms with van der Waals surface area (Å²) < 4.78 is 2.05. The van der Waals surface area contributed by atoms with Gasteiger partial charge < -0.3 is 15.2 Å². The van der Waals surface area contributed by atoms with Crippen LogP contribution in [0.1, 0.15) is 42.3 Å². The van der Waals surface area contributed by atoms with Gasteiger partial charge >= 0.3 is 0 Å². The van der Waals surface area contributed by atoms with Gasteiger partial charge in [-0.05, 0) is 24.8 Å². The normalized spacial score (nSPS) is 17.8. The van der Waals surface area contributed by atoms with Crippen molar-refractivity contribution in [1.82, 2.24) is 25.4 Å². The Hall–Kier alpha value is -2.22. The highest BCUT2D eigenvalue weighted by atomic mass is 32.1. The van der Waals surface area contributed by atoms with Crippen molar-refractivity contribution in [3.63, 3.8) is 0 Å². The molecule has 2 atom stereocenters. The highest BCUT2D eigenvalue weighted by Gasteiger charge is 2.24. The summed E-state index contributed by atoms with van der Waals surface area (Å²) in [7, 11) is 0. The minimum Gasteiger partial charge on any atom is -0.351 e. The standard InChI is InChI=1S/C16H21N5O2S/c1-10-19-20-15-6-5-12(9-21(10)15)18-16(23)8-13(17-11(2)22)14-4-3-7-24-14/h3-4,7,12-13H,5-6,8-9H2,1-2H3,(H,17,22)(H,18,23). The summed E-state index contributed by atoms with van der Waals surface area (Å²) in [6.07, 6.45) is 1.91. The Balaban J connectivity index is 1.60. The highest BCUT2D eigenvalue weighted by Crippen LogP contribution is 2.22. The van der Waals surface area contributed by atoms with Crippen LogP contribution in [0.4, 0.5) is 0 Å². The molecule has 24 heavy (non-hydrogen) atoms. The fourth-order valence-electron chi connectivity index (χ4n) is 3.01. The zero-order valence-corrected chi connectivity index (χ0v) is 14.6. The fraction of sp³-hybridized carbons (Fsp3) is 0.500. The average molecular weight is 347 g/mol. The van der Waals surface area contributed by atoms with Gasteiger partial charge in [0.15, 0.2) is 0 Å². The molecule has 0 aliphatic carbocycles. The van der Waals surface area contributed by atoms with Crippen LogP contribution in [0, 0.1) is 6.92 Å². The van der Waals surface area contributed by atoms with Gasteiger partial charge in [0.05, 0.1) is 12.5 Å². The summed E-state index contributed by atoms with van der Waals surface area (Å²) in [6, 6.07) is 3.65. The Morgan fingerprint density at radius 2 is 2.29 bits per heavy atom. The van der Waals surface area contributed by atoms with Crippen LogP contribution in [0.3, 0.4) is 0 Å². The van der Waals surface area contributed by atoms with E-state index in [9.17, 15) is 9.59 Å². The van der Waals surface area contributed by atoms with Gasteiger partial charge in [-0.1, -0.05) is 6.07 Å². The largest absolute Gasteiger partial charge is 0.351 e. The fourth-order valence-corrected chi connectivity index (χ4v) is 3.79. The highest BCUT2D eigenvalue weighted by molar-refractivity contribution is 7.10. The Morgan fingerprint density at radius 3 is 3.00 bits per heavy atom. The van der Waals surface area contributed by atoms with Crippen LogP contribution < -0.4 is 10.6 Å². The second-order valence-corrected chi connectivity index (χ2v) is 7.03. The van der Waals surface area contributed by atoms with Gasteiger partial charge in [-0.15, -0.1) is 21.5 Å². The monoisotopic (exact) mass is 347 g/mol. The lowest BCUT2D eigenvalue weighted by Crippen LogP contribution is -2.42. The molecule has 1 aliphatic heterocycles. The van der Waals surface area contributed by atoms with Crippen LogP contribution in [0.5, 0.6) is 0 Å². The van der Waals surface area contributed by atoms with Gasteiger partial charge in [0.1, 0.15) is 11.6 Å². The predicted molar refractivity (Wildman–Crippen MR) is 90.5 cm³/mol. The van der Waals surface area contributed by atoms with E-state index in [1.807, 2.05) is 24.4 Å². The third-order valence-corrected chi connectivity index (χ3v) is 5.14. The number of aryl methyl sites for hydroxylation is 2. The number of rotatable bonds is 5. The molecule has 0 spiro atoms. The van der Waals surface area contributed by atoms with Crippen molar-refractivity contribution in [2.45, 2.75) is 51.7 Å². The maximum absolute atomic E-state index is 12.4. The summed E-state index contributed by atoms with van der Waals surface area (Å²) in [4.78, 5) is 24.8. The van der Waals surface area contributed by atoms with Crippen LogP contribution in [0.2, 0.25) is 0 Å². The van der Waals surface area contributed by atoms with Gasteiger partial charge in [-0.3, -0.25) is 9.59 Å². The molecule has 0 aromatic carbocycles. The zero-order valence-electron chi connectivity index (χ0n) is 13.8. The summed E-state index contributed by atoms with van der Waals surface area (Å²) in [5.74, 6) is 1.66. The number of hydrogen-bond acceptors (Lipinski definition) is 5. The van der Waals surface area contributed by atoms with Crippen LogP contribution in [0.15, 0.2) is 17.5 Å². The summed E-state index contributed by atoms with van der Waals surface area (Å²) in [6.45, 7) is 4.09. The van der Waals surface area contributed by atoms with Crippen molar-refractivity contribution in [3.8, 4) is 0 Å². The molecule has 8 heteroatoms. The molecular formula is C16H21N5O2S. The van der Waals surface area contributed by atoms with Crippen molar-refractivity contribution in [2.75, 3.05) is 0 Å². The number of carbonyl (C=O) groups is 2. The molecule has 7 nitrogen and oxygen atoms in total. The number of nitrogens with zero attached hydrogens (tertiary/aromatic N) is 3. The molecule has 3 heterocycles. The first kappa shape index (κ1) is 16.6. The minimum atomic E-state index is -0.279. The number of thiophene rings is 1. The Bertz CT molecular complexity index is 725. The second-order valence-electron chi connectivity index (χ2n) is 6.05. The summed E-state index contributed by atoms with van der Waals surface area (Å²) in [5, 5.41) is 16.1. The van der Waals surface area contributed by atoms with E-state index in [-0.39, 0.29) is 30.3 Å². The number of carbonyl (C=O) groups excluding carboxylic acids is 2. The molecular weight excluding hydrogens is 326 g/mol. The number of amides is 2. The van der Waals surface area contributed by atoms with Crippen molar-refractivity contribution in [2.24, 2.45) is 0 Å². The van der Waals surface area contributed by atoms with Crippen LogP contribution in [-0.4, -0.2) is 32.6 Å². The Labute approximate surface area is 144 Å². The van der Waals surface area contributed by atoms with Crippen molar-refractivity contribution < 1.29 is 9.59 Å². The van der Waals surface area contributed by atoms with E-state index < -0.39 is 0 Å². The van der Waals surface area contributed by atoms with Gasteiger partial charge in [-0.2, -0.15) is 0 Å². The smallest absolute Gasteiger partial charge is 0.222 e. The van der Waals surface area contributed by atoms with E-state index in [1.165, 1.54) is 18.3 Å². The average Bonchev–Trinajstić information content (AvgIpc) is 3.17. The van der Waals surface area contributed by atoms with Crippen molar-refractivity contribution in [3.05, 3.63) is 34.0 Å². The van der Waals surface area contributed by atoms with E-state index in [1.54, 1.807) is 0 Å². The van der Waals surface area contributed by atoms with Crippen LogP contribution >= 0.6 is 11.3 Å². The van der Waals surface area contributed by atoms with E-state index in [4.69, 9.17) is 0 Å². The first-order valence-electron chi connectivity index (χ1n) is 8.01. The maximum atomic E-state index is 12.4.